The van der Waals surface area contributed by atoms with Gasteiger partial charge in [0.1, 0.15) is 0 Å². The first kappa shape index (κ1) is 36.2. The molecular weight excluding hydrogens is 569 g/mol. The summed E-state index contributed by atoms with van der Waals surface area (Å²) in [6, 6.07) is 23.2. The number of unbranched alkanes of at least 4 members (excludes halogenated alkanes) is 1. The molecule has 1 aliphatic carbocycles. The zero-order valence-electron chi connectivity index (χ0n) is 31.5. The summed E-state index contributed by atoms with van der Waals surface area (Å²) in [4.78, 5) is 0. The highest BCUT2D eigenvalue weighted by atomic mass is 28.3. The van der Waals surface area contributed by atoms with Crippen LogP contribution in [-0.2, 0) is 0 Å². The van der Waals surface area contributed by atoms with Crippen LogP contribution in [0.1, 0.15) is 178 Å². The van der Waals surface area contributed by atoms with Gasteiger partial charge >= 0.3 is 0 Å². The molecule has 0 atom stereocenters. The Bertz CT molecular complexity index is 1310. The van der Waals surface area contributed by atoms with Crippen LogP contribution in [0.15, 0.2) is 78.4 Å². The lowest BCUT2D eigenvalue weighted by Gasteiger charge is -2.40. The van der Waals surface area contributed by atoms with Crippen molar-refractivity contribution in [3.63, 3.8) is 0 Å². The Kier molecular flexibility index (Phi) is 11.9. The second-order valence-electron chi connectivity index (χ2n) is 16.0. The molecule has 0 amide bonds. The minimum absolute atomic E-state index is 0.463. The van der Waals surface area contributed by atoms with E-state index in [4.69, 9.17) is 0 Å². The van der Waals surface area contributed by atoms with Crippen LogP contribution in [0.2, 0.25) is 0 Å². The van der Waals surface area contributed by atoms with Gasteiger partial charge in [0.15, 0.2) is 8.07 Å². The molecule has 1 radical (unpaired) electrons. The fraction of sp³-hybridized carbons (Fsp3) is 0.489. The molecule has 4 rings (SSSR count). The summed E-state index contributed by atoms with van der Waals surface area (Å²) in [7, 11) is -2.78. The van der Waals surface area contributed by atoms with Gasteiger partial charge in [0.25, 0.3) is 0 Å². The third-order valence-corrected chi connectivity index (χ3v) is 14.9. The van der Waals surface area contributed by atoms with E-state index >= 15 is 0 Å². The highest BCUT2D eigenvalue weighted by Crippen LogP contribution is 2.35. The summed E-state index contributed by atoms with van der Waals surface area (Å²) in [6.45, 7) is 30.7. The highest BCUT2D eigenvalue weighted by Gasteiger charge is 2.47. The van der Waals surface area contributed by atoms with Crippen LogP contribution in [0.4, 0.5) is 0 Å². The molecule has 1 heteroatoms. The van der Waals surface area contributed by atoms with Gasteiger partial charge in [-0.2, -0.15) is 0 Å². The van der Waals surface area contributed by atoms with Crippen molar-refractivity contribution >= 4 is 23.6 Å². The van der Waals surface area contributed by atoms with Crippen LogP contribution in [0, 0.1) is 5.54 Å². The molecular formula is C45H63Si. The number of rotatable bonds is 13. The molecule has 0 aliphatic heterocycles. The third-order valence-electron chi connectivity index (χ3n) is 10.3. The summed E-state index contributed by atoms with van der Waals surface area (Å²) in [5, 5.41) is 4.63. The van der Waals surface area contributed by atoms with Gasteiger partial charge in [-0.05, 0) is 97.3 Å². The van der Waals surface area contributed by atoms with E-state index in [1.807, 2.05) is 0 Å². The molecule has 1 aliphatic rings. The Morgan fingerprint density at radius 1 is 0.435 bits per heavy atom. The van der Waals surface area contributed by atoms with E-state index in [0.717, 1.165) is 6.42 Å². The Labute approximate surface area is 284 Å². The number of allylic oxidation sites excluding steroid dienone is 4. The Morgan fingerprint density at radius 3 is 1.00 bits per heavy atom. The van der Waals surface area contributed by atoms with Gasteiger partial charge in [0.05, 0.1) is 0 Å². The fourth-order valence-electron chi connectivity index (χ4n) is 6.94. The molecule has 0 saturated carbocycles. The van der Waals surface area contributed by atoms with Gasteiger partial charge in [0, 0.05) is 5.54 Å². The minimum atomic E-state index is -2.78. The molecule has 0 spiro atoms. The van der Waals surface area contributed by atoms with E-state index in [2.05, 4.69) is 163 Å². The normalized spacial score (nSPS) is 14.3. The van der Waals surface area contributed by atoms with E-state index in [9.17, 15) is 0 Å². The van der Waals surface area contributed by atoms with E-state index in [-0.39, 0.29) is 0 Å². The van der Waals surface area contributed by atoms with Crippen LogP contribution in [-0.4, -0.2) is 8.07 Å². The number of benzene rings is 3. The molecule has 3 aromatic carbocycles. The molecule has 0 N–H and O–H groups in total. The van der Waals surface area contributed by atoms with E-state index < -0.39 is 8.07 Å². The SMILES string of the molecule is CCCCC1=C[C]([Si](c2cc(C(C)C)cc(C(C)C)c2)(c2cc(C(C)C)cc(C(C)C)c2)c2cc(C(C)C)cc(C(C)C)c2)C=C1. The molecule has 46 heavy (non-hydrogen) atoms. The Hall–Kier alpha value is -2.64. The van der Waals surface area contributed by atoms with Crippen molar-refractivity contribution in [2.24, 2.45) is 0 Å². The Balaban J connectivity index is 2.29. The van der Waals surface area contributed by atoms with E-state index in [1.165, 1.54) is 51.8 Å². The van der Waals surface area contributed by atoms with Gasteiger partial charge in [0.2, 0.25) is 0 Å². The summed E-state index contributed by atoms with van der Waals surface area (Å²) in [5.41, 5.74) is 11.8. The summed E-state index contributed by atoms with van der Waals surface area (Å²) in [6.07, 6.45) is 11.2. The molecule has 0 fully saturated rings. The third kappa shape index (κ3) is 7.57. The summed E-state index contributed by atoms with van der Waals surface area (Å²) < 4.78 is 0. The van der Waals surface area contributed by atoms with Crippen LogP contribution in [0.25, 0.3) is 0 Å². The zero-order valence-corrected chi connectivity index (χ0v) is 32.5. The fourth-order valence-corrected chi connectivity index (χ4v) is 12.0. The van der Waals surface area contributed by atoms with Crippen LogP contribution >= 0.6 is 0 Å². The van der Waals surface area contributed by atoms with Crippen molar-refractivity contribution in [1.29, 1.82) is 0 Å². The summed E-state index contributed by atoms with van der Waals surface area (Å²) >= 11 is 0. The van der Waals surface area contributed by atoms with Gasteiger partial charge in [-0.15, -0.1) is 0 Å². The molecule has 0 unspecified atom stereocenters. The van der Waals surface area contributed by atoms with Crippen molar-refractivity contribution < 1.29 is 0 Å². The average Bonchev–Trinajstić information content (AvgIpc) is 3.48. The van der Waals surface area contributed by atoms with Crippen molar-refractivity contribution in [2.45, 2.75) is 145 Å². The van der Waals surface area contributed by atoms with Gasteiger partial charge in [-0.1, -0.05) is 175 Å². The monoisotopic (exact) mass is 631 g/mol. The van der Waals surface area contributed by atoms with E-state index in [0.29, 0.717) is 35.5 Å². The quantitative estimate of drug-likeness (QED) is 0.130. The minimum Gasteiger partial charge on any atom is -0.0750 e. The Morgan fingerprint density at radius 2 is 0.739 bits per heavy atom. The molecule has 0 saturated heterocycles. The maximum atomic E-state index is 2.62. The first-order valence-corrected chi connectivity index (χ1v) is 20.4. The van der Waals surface area contributed by atoms with Gasteiger partial charge < -0.3 is 0 Å². The smallest absolute Gasteiger partial charge is 0.0750 e. The van der Waals surface area contributed by atoms with E-state index in [1.54, 1.807) is 21.1 Å². The van der Waals surface area contributed by atoms with Gasteiger partial charge in [-0.25, -0.2) is 0 Å². The molecule has 3 aromatic rings. The number of hydrogen-bond donors (Lipinski definition) is 0. The van der Waals surface area contributed by atoms with Crippen molar-refractivity contribution in [3.05, 3.63) is 117 Å². The topological polar surface area (TPSA) is 0 Å². The molecule has 0 heterocycles. The molecule has 0 bridgehead atoms. The van der Waals surface area contributed by atoms with Crippen LogP contribution in [0.3, 0.4) is 0 Å². The second-order valence-corrected chi connectivity index (χ2v) is 19.8. The van der Waals surface area contributed by atoms with Crippen LogP contribution in [0.5, 0.6) is 0 Å². The average molecular weight is 632 g/mol. The van der Waals surface area contributed by atoms with Gasteiger partial charge in [-0.3, -0.25) is 0 Å². The lowest BCUT2D eigenvalue weighted by Crippen LogP contribution is -2.70. The van der Waals surface area contributed by atoms with Crippen molar-refractivity contribution in [1.82, 2.24) is 0 Å². The second kappa shape index (κ2) is 15.1. The van der Waals surface area contributed by atoms with Crippen molar-refractivity contribution in [3.8, 4) is 0 Å². The maximum Gasteiger partial charge on any atom is 0.162 e. The zero-order chi connectivity index (χ0) is 33.9. The first-order chi connectivity index (χ1) is 21.7. The highest BCUT2D eigenvalue weighted by molar-refractivity contribution is 7.15. The summed E-state index contributed by atoms with van der Waals surface area (Å²) in [5.74, 6) is 2.78. The lowest BCUT2D eigenvalue weighted by atomic mass is 9.95. The largest absolute Gasteiger partial charge is 0.162 e. The number of hydrogen-bond acceptors (Lipinski definition) is 0. The standard InChI is InChI=1S/C45H63Si/c1-14-15-16-35-17-18-42(19-35)46(43-23-36(29(2)3)20-37(24-43)30(4)5,44-25-38(31(6)7)21-39(26-44)32(8)9)45-27-40(33(10)11)22-41(28-45)34(12)13/h17-34H,14-16H2,1-13H3. The predicted molar refractivity (Wildman–Crippen MR) is 209 cm³/mol. The van der Waals surface area contributed by atoms with Crippen molar-refractivity contribution in [2.75, 3.05) is 0 Å². The van der Waals surface area contributed by atoms with Crippen LogP contribution < -0.4 is 15.6 Å². The first-order valence-electron chi connectivity index (χ1n) is 18.4. The molecule has 0 aromatic heterocycles. The molecule has 247 valence electrons. The lowest BCUT2D eigenvalue weighted by molar-refractivity contribution is 0.799. The molecule has 0 nitrogen and oxygen atoms in total. The predicted octanol–water partition coefficient (Wildman–Crippen LogP) is 11.7. The maximum absolute atomic E-state index is 2.78.